The van der Waals surface area contributed by atoms with E-state index in [1.807, 2.05) is 6.20 Å². The van der Waals surface area contributed by atoms with Crippen LogP contribution in [-0.2, 0) is 33.9 Å². The summed E-state index contributed by atoms with van der Waals surface area (Å²) >= 11 is 1.62. The second-order valence-corrected chi connectivity index (χ2v) is 10.3. The Balaban J connectivity index is 0.000000281. The number of carbonyl (C=O) groups is 2. The number of ketones is 2. The molecule has 0 radical (unpaired) electrons. The maximum absolute atomic E-state index is 10.4. The summed E-state index contributed by atoms with van der Waals surface area (Å²) in [4.78, 5) is 25.4. The van der Waals surface area contributed by atoms with Crippen LogP contribution in [0.3, 0.4) is 0 Å². The van der Waals surface area contributed by atoms with Gasteiger partial charge in [0.05, 0.1) is 5.69 Å². The molecule has 0 spiro atoms. The van der Waals surface area contributed by atoms with E-state index < -0.39 is 4.43 Å². The number of aromatic nitrogens is 1. The maximum atomic E-state index is 10.4. The molecule has 0 atom stereocenters. The standard InChI is InChI=1S/C24H19N.C5H7O2.Ir/c1-24(2)21-10-6-5-9-19(21)20-12-11-17(15-22(20)24)23-18-8-4-3-7-16(18)13-14-25-23;1-4(6)3-5(2)7;/h3-15H,1-2H3;3H,1-2H3;. The first-order chi connectivity index (χ1) is 15.7. The van der Waals surface area contributed by atoms with Crippen LogP contribution in [0.5, 0.6) is 0 Å². The predicted molar refractivity (Wildman–Crippen MR) is 130 cm³/mol. The molecule has 4 aromatic rings. The minimum Gasteiger partial charge on any atom is -0.256 e. The van der Waals surface area contributed by atoms with Crippen molar-refractivity contribution in [2.75, 3.05) is 0 Å². The van der Waals surface area contributed by atoms with Crippen LogP contribution in [0.15, 0.2) is 79.0 Å². The molecule has 1 aliphatic rings. The first kappa shape index (κ1) is 23.2. The van der Waals surface area contributed by atoms with Crippen LogP contribution in [0.25, 0.3) is 33.2 Å². The van der Waals surface area contributed by atoms with Gasteiger partial charge in [-0.25, -0.2) is 0 Å². The molecule has 1 aromatic heterocycles. The Bertz CT molecular complexity index is 1350. The number of fused-ring (bicyclic) bond motifs is 4. The topological polar surface area (TPSA) is 47.0 Å². The van der Waals surface area contributed by atoms with Crippen molar-refractivity contribution in [1.29, 1.82) is 0 Å². The van der Waals surface area contributed by atoms with Crippen LogP contribution in [0.4, 0.5) is 0 Å². The Morgan fingerprint density at radius 1 is 0.818 bits per heavy atom. The second-order valence-electron chi connectivity index (χ2n) is 8.87. The van der Waals surface area contributed by atoms with Gasteiger partial charge < -0.3 is 0 Å². The van der Waals surface area contributed by atoms with E-state index in [-0.39, 0.29) is 17.0 Å². The van der Waals surface area contributed by atoms with Gasteiger partial charge in [0.25, 0.3) is 0 Å². The van der Waals surface area contributed by atoms with Crippen molar-refractivity contribution >= 4 is 22.3 Å². The fourth-order valence-corrected chi connectivity index (χ4v) is 4.49. The van der Waals surface area contributed by atoms with Crippen molar-refractivity contribution in [3.63, 3.8) is 0 Å². The van der Waals surface area contributed by atoms with E-state index in [0.29, 0.717) is 0 Å². The normalized spacial score (nSPS) is 13.2. The van der Waals surface area contributed by atoms with E-state index >= 15 is 0 Å². The third-order valence-corrected chi connectivity index (χ3v) is 8.16. The second kappa shape index (κ2) is 9.13. The number of pyridine rings is 1. The molecule has 0 aliphatic heterocycles. The van der Waals surface area contributed by atoms with Crippen LogP contribution in [0.2, 0.25) is 4.43 Å². The Hall–Kier alpha value is -2.94. The summed E-state index contributed by atoms with van der Waals surface area (Å²) in [6.07, 6.45) is 1.91. The van der Waals surface area contributed by atoms with Gasteiger partial charge in [0.1, 0.15) is 0 Å². The van der Waals surface area contributed by atoms with Crippen molar-refractivity contribution in [3.05, 3.63) is 90.1 Å². The summed E-state index contributed by atoms with van der Waals surface area (Å²) < 4.78 is -0.407. The van der Waals surface area contributed by atoms with Crippen molar-refractivity contribution in [2.24, 2.45) is 0 Å². The summed E-state index contributed by atoms with van der Waals surface area (Å²) in [5.41, 5.74) is 7.79. The van der Waals surface area contributed by atoms with Crippen molar-refractivity contribution in [3.8, 4) is 22.4 Å². The van der Waals surface area contributed by atoms with Crippen molar-refractivity contribution < 1.29 is 28.5 Å². The minimum absolute atomic E-state index is 0.0204. The fourth-order valence-electron chi connectivity index (χ4n) is 4.49. The van der Waals surface area contributed by atoms with E-state index in [2.05, 4.69) is 86.6 Å². The average Bonchev–Trinajstić information content (AvgIpc) is 3.05. The number of benzene rings is 3. The Morgan fingerprint density at radius 2 is 1.45 bits per heavy atom. The number of hydrogen-bond acceptors (Lipinski definition) is 3. The Morgan fingerprint density at radius 3 is 2.15 bits per heavy atom. The molecule has 0 saturated heterocycles. The first-order valence-corrected chi connectivity index (χ1v) is 12.3. The molecule has 33 heavy (non-hydrogen) atoms. The molecule has 1 heterocycles. The zero-order valence-corrected chi connectivity index (χ0v) is 21.6. The van der Waals surface area contributed by atoms with Gasteiger partial charge in [-0.1, -0.05) is 74.5 Å². The number of Topliss-reactive ketones (excluding diaryl/α,β-unsaturated/α-hetero) is 2. The number of carbonyl (C=O) groups excluding carboxylic acids is 2. The quantitative estimate of drug-likeness (QED) is 0.242. The number of nitrogens with zero attached hydrogens (tertiary/aromatic N) is 1. The van der Waals surface area contributed by atoms with Crippen LogP contribution in [-0.4, -0.2) is 16.6 Å². The molecular weight excluding hydrogens is 587 g/mol. The SMILES string of the molecule is CC(=O)[CH]([Ir])C(C)=O.CC1(C)c2ccccc2-c2ccc(-c3nccc4ccccc34)cc21. The molecule has 0 amide bonds. The van der Waals surface area contributed by atoms with Crippen molar-refractivity contribution in [1.82, 2.24) is 4.98 Å². The van der Waals surface area contributed by atoms with E-state index in [1.54, 1.807) is 18.9 Å². The largest absolute Gasteiger partial charge is 0.256 e. The molecule has 4 heteroatoms. The predicted octanol–water partition coefficient (Wildman–Crippen LogP) is 6.71. The van der Waals surface area contributed by atoms with E-state index in [4.69, 9.17) is 4.98 Å². The van der Waals surface area contributed by atoms with Gasteiger partial charge in [-0.15, -0.1) is 0 Å². The van der Waals surface area contributed by atoms with Gasteiger partial charge >= 0.3 is 58.3 Å². The average molecular weight is 613 g/mol. The van der Waals surface area contributed by atoms with E-state index in [1.165, 1.54) is 52.4 Å². The van der Waals surface area contributed by atoms with Gasteiger partial charge in [-0.3, -0.25) is 4.98 Å². The van der Waals surface area contributed by atoms with Crippen LogP contribution < -0.4 is 0 Å². The molecule has 3 nitrogen and oxygen atoms in total. The molecular formula is C29H26IrNO2. The molecule has 0 saturated carbocycles. The smallest absolute Gasteiger partial charge is 0.0780 e. The fraction of sp³-hybridized carbons (Fsp3) is 0.207. The minimum atomic E-state index is -0.407. The van der Waals surface area contributed by atoms with Gasteiger partial charge in [-0.2, -0.15) is 0 Å². The summed E-state index contributed by atoms with van der Waals surface area (Å²) in [5, 5.41) is 2.44. The summed E-state index contributed by atoms with van der Waals surface area (Å²) in [6, 6.07) is 26.1. The van der Waals surface area contributed by atoms with Crippen LogP contribution in [0.1, 0.15) is 38.8 Å². The summed E-state index contributed by atoms with van der Waals surface area (Å²) in [7, 11) is 0. The zero-order chi connectivity index (χ0) is 23.8. The molecule has 5 rings (SSSR count). The third kappa shape index (κ3) is 4.33. The summed E-state index contributed by atoms with van der Waals surface area (Å²) in [6.45, 7) is 7.48. The van der Waals surface area contributed by atoms with Gasteiger partial charge in [-0.05, 0) is 39.8 Å². The molecule has 0 N–H and O–H groups in total. The molecule has 3 aromatic carbocycles. The zero-order valence-electron chi connectivity index (χ0n) is 19.2. The monoisotopic (exact) mass is 613 g/mol. The maximum Gasteiger partial charge on any atom is 0.0780 e. The molecule has 168 valence electrons. The van der Waals surface area contributed by atoms with E-state index in [0.717, 1.165) is 5.69 Å². The first-order valence-electron chi connectivity index (χ1n) is 10.9. The Kier molecular flexibility index (Phi) is 6.43. The Labute approximate surface area is 205 Å². The molecule has 0 fully saturated rings. The van der Waals surface area contributed by atoms with Crippen molar-refractivity contribution in [2.45, 2.75) is 37.5 Å². The van der Waals surface area contributed by atoms with Crippen LogP contribution in [0, 0.1) is 0 Å². The third-order valence-electron chi connectivity index (χ3n) is 6.21. The van der Waals surface area contributed by atoms with E-state index in [9.17, 15) is 9.59 Å². The summed E-state index contributed by atoms with van der Waals surface area (Å²) in [5.74, 6) is -0.116. The van der Waals surface area contributed by atoms with Gasteiger partial charge in [0.15, 0.2) is 0 Å². The number of rotatable bonds is 3. The molecule has 0 unspecified atom stereocenters. The van der Waals surface area contributed by atoms with Gasteiger partial charge in [0, 0.05) is 22.6 Å². The molecule has 1 aliphatic carbocycles. The number of hydrogen-bond donors (Lipinski definition) is 0. The van der Waals surface area contributed by atoms with Gasteiger partial charge in [0.2, 0.25) is 0 Å². The molecule has 0 bridgehead atoms. The van der Waals surface area contributed by atoms with Crippen LogP contribution >= 0.6 is 0 Å².